The van der Waals surface area contributed by atoms with Crippen molar-refractivity contribution < 1.29 is 23.8 Å². The number of methoxy groups -OCH3 is 2. The zero-order chi connectivity index (χ0) is 17.9. The maximum atomic E-state index is 12.1. The van der Waals surface area contributed by atoms with Crippen molar-refractivity contribution >= 4 is 23.6 Å². The average Bonchev–Trinajstić information content (AvgIpc) is 2.54. The highest BCUT2D eigenvalue weighted by atomic mass is 35.5. The van der Waals surface area contributed by atoms with Crippen LogP contribution in [0.4, 0.5) is 4.79 Å². The van der Waals surface area contributed by atoms with E-state index in [4.69, 9.17) is 25.8 Å². The lowest BCUT2D eigenvalue weighted by Gasteiger charge is -2.33. The summed E-state index contributed by atoms with van der Waals surface area (Å²) < 4.78 is 15.6. The van der Waals surface area contributed by atoms with Crippen LogP contribution in [-0.2, 0) is 9.53 Å². The summed E-state index contributed by atoms with van der Waals surface area (Å²) in [4.78, 5) is 23.9. The molecule has 1 fully saturated rings. The molecule has 0 spiro atoms. The molecule has 1 aromatic rings. The summed E-state index contributed by atoms with van der Waals surface area (Å²) in [5.41, 5.74) is 0.739. The molecule has 0 aliphatic carbocycles. The second-order valence-electron chi connectivity index (χ2n) is 5.06. The van der Waals surface area contributed by atoms with E-state index in [2.05, 4.69) is 17.2 Å². The molecule has 24 heavy (non-hydrogen) atoms. The molecule has 2 amide bonds. The van der Waals surface area contributed by atoms with Gasteiger partial charge >= 0.3 is 12.0 Å². The number of amides is 2. The predicted molar refractivity (Wildman–Crippen MR) is 88.2 cm³/mol. The van der Waals surface area contributed by atoms with Gasteiger partial charge in [-0.05, 0) is 18.6 Å². The minimum Gasteiger partial charge on any atom is -0.493 e. The van der Waals surface area contributed by atoms with E-state index in [0.29, 0.717) is 28.7 Å². The molecule has 0 saturated carbocycles. The third kappa shape index (κ3) is 3.41. The van der Waals surface area contributed by atoms with Crippen LogP contribution in [0.2, 0.25) is 5.02 Å². The van der Waals surface area contributed by atoms with Gasteiger partial charge < -0.3 is 24.8 Å². The Bertz CT molecular complexity index is 677. The van der Waals surface area contributed by atoms with Gasteiger partial charge in [0.2, 0.25) is 0 Å². The Labute approximate surface area is 144 Å². The first-order chi connectivity index (χ1) is 11.4. The van der Waals surface area contributed by atoms with Crippen molar-refractivity contribution in [2.75, 3.05) is 20.8 Å². The molecule has 2 N–H and O–H groups in total. The molecule has 0 radical (unpaired) electrons. The minimum atomic E-state index is -0.826. The smallest absolute Gasteiger partial charge is 0.319 e. The number of halogens is 1. The zero-order valence-electron chi connectivity index (χ0n) is 13.6. The first kappa shape index (κ1) is 17.9. The molecule has 1 aliphatic rings. The van der Waals surface area contributed by atoms with Crippen molar-refractivity contribution in [1.82, 2.24) is 10.6 Å². The molecular weight excluding hydrogens is 336 g/mol. The van der Waals surface area contributed by atoms with E-state index in [1.165, 1.54) is 14.2 Å². The van der Waals surface area contributed by atoms with Crippen molar-refractivity contribution in [2.45, 2.75) is 13.0 Å². The van der Waals surface area contributed by atoms with Crippen LogP contribution >= 0.6 is 11.6 Å². The number of ether oxygens (including phenoxy) is 3. The largest absolute Gasteiger partial charge is 0.493 e. The molecule has 7 nitrogen and oxygen atoms in total. The van der Waals surface area contributed by atoms with Gasteiger partial charge in [0.1, 0.15) is 5.92 Å². The Hall–Kier alpha value is -2.41. The Morgan fingerprint density at radius 2 is 2.04 bits per heavy atom. The topological polar surface area (TPSA) is 85.9 Å². The monoisotopic (exact) mass is 354 g/mol. The number of carbonyl (C=O) groups excluding carboxylic acids is 2. The highest BCUT2D eigenvalue weighted by Gasteiger charge is 2.39. The van der Waals surface area contributed by atoms with Gasteiger partial charge in [0.15, 0.2) is 11.5 Å². The Morgan fingerprint density at radius 1 is 1.33 bits per heavy atom. The second kappa shape index (κ2) is 7.44. The van der Waals surface area contributed by atoms with Crippen LogP contribution in [0.3, 0.4) is 0 Å². The van der Waals surface area contributed by atoms with Crippen molar-refractivity contribution in [3.63, 3.8) is 0 Å². The summed E-state index contributed by atoms with van der Waals surface area (Å²) in [7, 11) is 2.76. The van der Waals surface area contributed by atoms with Crippen molar-refractivity contribution in [3.8, 4) is 11.5 Å². The highest BCUT2D eigenvalue weighted by Crippen LogP contribution is 2.40. The standard InChI is InChI=1S/C16H19ClN2O5/c1-5-24-12-7-10(17)9(6-11(12)22-3)14-13(15(20)23-4)8(2)18-16(21)19-14/h6-7,13-14H,2,5H2,1,3-4H3,(H2,18,19,21). The van der Waals surface area contributed by atoms with Gasteiger partial charge in [-0.15, -0.1) is 0 Å². The fourth-order valence-corrected chi connectivity index (χ4v) is 2.84. The number of hydrogen-bond donors (Lipinski definition) is 2. The molecule has 1 aromatic carbocycles. The van der Waals surface area contributed by atoms with E-state index in [0.717, 1.165) is 0 Å². The molecule has 1 aliphatic heterocycles. The molecule has 130 valence electrons. The van der Waals surface area contributed by atoms with Gasteiger partial charge in [0, 0.05) is 16.8 Å². The number of carbonyl (C=O) groups is 2. The third-order valence-corrected chi connectivity index (χ3v) is 3.97. The lowest BCUT2D eigenvalue weighted by molar-refractivity contribution is -0.145. The second-order valence-corrected chi connectivity index (χ2v) is 5.47. The average molecular weight is 355 g/mol. The van der Waals surface area contributed by atoms with E-state index < -0.39 is 24.0 Å². The van der Waals surface area contributed by atoms with Crippen molar-refractivity contribution in [3.05, 3.63) is 35.0 Å². The number of hydrogen-bond acceptors (Lipinski definition) is 5. The summed E-state index contributed by atoms with van der Waals surface area (Å²) >= 11 is 6.35. The van der Waals surface area contributed by atoms with Crippen LogP contribution in [0.15, 0.2) is 24.4 Å². The van der Waals surface area contributed by atoms with Gasteiger partial charge in [0.05, 0.1) is 26.9 Å². The summed E-state index contributed by atoms with van der Waals surface area (Å²) in [6.45, 7) is 6.02. The van der Waals surface area contributed by atoms with Gasteiger partial charge in [-0.2, -0.15) is 0 Å². The molecule has 2 atom stereocenters. The zero-order valence-corrected chi connectivity index (χ0v) is 14.4. The molecule has 2 unspecified atom stereocenters. The van der Waals surface area contributed by atoms with E-state index in [1.807, 2.05) is 6.92 Å². The van der Waals surface area contributed by atoms with Gasteiger partial charge in [-0.1, -0.05) is 18.2 Å². The molecular formula is C16H19ClN2O5. The Kier molecular flexibility index (Phi) is 5.56. The summed E-state index contributed by atoms with van der Waals surface area (Å²) in [5.74, 6) is -0.449. The first-order valence-corrected chi connectivity index (χ1v) is 7.65. The van der Waals surface area contributed by atoms with Gasteiger partial charge in [-0.25, -0.2) is 4.79 Å². The lowest BCUT2D eigenvalue weighted by Crippen LogP contribution is -2.51. The fourth-order valence-electron chi connectivity index (χ4n) is 2.57. The normalized spacial score (nSPS) is 20.0. The number of benzene rings is 1. The van der Waals surface area contributed by atoms with Crippen LogP contribution in [0.5, 0.6) is 11.5 Å². The van der Waals surface area contributed by atoms with E-state index >= 15 is 0 Å². The predicted octanol–water partition coefficient (Wildman–Crippen LogP) is 2.40. The van der Waals surface area contributed by atoms with E-state index in [-0.39, 0.29) is 5.70 Å². The summed E-state index contributed by atoms with van der Waals surface area (Å²) in [5, 5.41) is 5.49. The van der Waals surface area contributed by atoms with Gasteiger partial charge in [0.25, 0.3) is 0 Å². The molecule has 8 heteroatoms. The summed E-state index contributed by atoms with van der Waals surface area (Å²) in [6, 6.07) is 2.00. The van der Waals surface area contributed by atoms with E-state index in [1.54, 1.807) is 12.1 Å². The van der Waals surface area contributed by atoms with Crippen molar-refractivity contribution in [2.24, 2.45) is 5.92 Å². The third-order valence-electron chi connectivity index (χ3n) is 3.64. The molecule has 1 saturated heterocycles. The SMILES string of the molecule is C=C1NC(=O)NC(c2cc(OC)c(OCC)cc2Cl)C1C(=O)OC. The number of nitrogens with one attached hydrogen (secondary N) is 2. The number of urea groups is 1. The maximum absolute atomic E-state index is 12.1. The van der Waals surface area contributed by atoms with Crippen LogP contribution in [0.1, 0.15) is 18.5 Å². The fraction of sp³-hybridized carbons (Fsp3) is 0.375. The van der Waals surface area contributed by atoms with Crippen LogP contribution in [0, 0.1) is 5.92 Å². The lowest BCUT2D eigenvalue weighted by atomic mass is 9.89. The first-order valence-electron chi connectivity index (χ1n) is 7.27. The van der Waals surface area contributed by atoms with Crippen molar-refractivity contribution in [1.29, 1.82) is 0 Å². The maximum Gasteiger partial charge on any atom is 0.319 e. The molecule has 2 rings (SSSR count). The summed E-state index contributed by atoms with van der Waals surface area (Å²) in [6.07, 6.45) is 0. The Morgan fingerprint density at radius 3 is 2.62 bits per heavy atom. The number of rotatable bonds is 5. The Balaban J connectivity index is 2.51. The van der Waals surface area contributed by atoms with E-state index in [9.17, 15) is 9.59 Å². The van der Waals surface area contributed by atoms with Crippen LogP contribution in [0.25, 0.3) is 0 Å². The molecule has 0 aromatic heterocycles. The van der Waals surface area contributed by atoms with Crippen LogP contribution in [-0.4, -0.2) is 32.8 Å². The molecule has 0 bridgehead atoms. The quantitative estimate of drug-likeness (QED) is 0.793. The van der Waals surface area contributed by atoms with Crippen LogP contribution < -0.4 is 20.1 Å². The minimum absolute atomic E-state index is 0.236. The molecule has 1 heterocycles. The number of esters is 1. The van der Waals surface area contributed by atoms with Gasteiger partial charge in [-0.3, -0.25) is 4.79 Å². The highest BCUT2D eigenvalue weighted by molar-refractivity contribution is 6.31.